The van der Waals surface area contributed by atoms with Gasteiger partial charge in [0.15, 0.2) is 0 Å². The lowest BCUT2D eigenvalue weighted by atomic mass is 9.98. The largest absolute Gasteiger partial charge is 0.392 e. The quantitative estimate of drug-likeness (QED) is 0.772. The van der Waals surface area contributed by atoms with Crippen molar-refractivity contribution in [2.24, 2.45) is 0 Å². The zero-order valence-corrected chi connectivity index (χ0v) is 13.2. The van der Waals surface area contributed by atoms with Gasteiger partial charge in [-0.05, 0) is 34.9 Å². The molecule has 2 aromatic heterocycles. The maximum Gasteiger partial charge on any atom is 0.124 e. The molecule has 2 N–H and O–H groups in total. The molecule has 4 rings (SSSR count). The summed E-state index contributed by atoms with van der Waals surface area (Å²) in [6.45, 7) is 0.0624. The predicted octanol–water partition coefficient (Wildman–Crippen LogP) is 3.71. The van der Waals surface area contributed by atoms with Crippen molar-refractivity contribution < 1.29 is 5.11 Å². The minimum absolute atomic E-state index is 0.0624. The van der Waals surface area contributed by atoms with Crippen molar-refractivity contribution in [2.45, 2.75) is 13.0 Å². The van der Waals surface area contributed by atoms with Gasteiger partial charge in [-0.25, -0.2) is 4.98 Å². The number of aliphatic hydroxyl groups excluding tert-OH is 1. The first-order valence-electron chi connectivity index (χ1n) is 7.38. The van der Waals surface area contributed by atoms with E-state index in [1.165, 1.54) is 11.1 Å². The number of thiazole rings is 1. The van der Waals surface area contributed by atoms with Gasteiger partial charge in [-0.2, -0.15) is 0 Å². The molecule has 0 saturated carbocycles. The molecule has 3 aromatic rings. The molecule has 0 fully saturated rings. The lowest BCUT2D eigenvalue weighted by Crippen LogP contribution is -2.06. The van der Waals surface area contributed by atoms with E-state index in [-0.39, 0.29) is 6.61 Å². The number of nitrogens with zero attached hydrogens (tertiary/aromatic N) is 2. The standard InChI is InChI=1S/C18H15N3OS/c22-10-12-1-2-14-8-15(9-20-16(14)7-12)17-11-23-18(21-17)13-3-5-19-6-4-13/h1-7,9,11,20,22H,8,10H2. The van der Waals surface area contributed by atoms with Gasteiger partial charge in [0, 0.05) is 41.6 Å². The van der Waals surface area contributed by atoms with Crippen molar-refractivity contribution in [1.29, 1.82) is 0 Å². The average molecular weight is 321 g/mol. The van der Waals surface area contributed by atoms with Gasteiger partial charge in [-0.1, -0.05) is 12.1 Å². The Kier molecular flexibility index (Phi) is 3.65. The highest BCUT2D eigenvalue weighted by molar-refractivity contribution is 7.13. The number of nitrogens with one attached hydrogen (secondary N) is 1. The number of hydrogen-bond acceptors (Lipinski definition) is 5. The van der Waals surface area contributed by atoms with E-state index in [0.29, 0.717) is 0 Å². The summed E-state index contributed by atoms with van der Waals surface area (Å²) in [5.41, 5.74) is 6.47. The third kappa shape index (κ3) is 2.76. The summed E-state index contributed by atoms with van der Waals surface area (Å²) < 4.78 is 0. The van der Waals surface area contributed by atoms with E-state index in [1.807, 2.05) is 30.5 Å². The highest BCUT2D eigenvalue weighted by atomic mass is 32.1. The van der Waals surface area contributed by atoms with Crippen LogP contribution in [0.25, 0.3) is 16.1 Å². The van der Waals surface area contributed by atoms with E-state index in [0.717, 1.165) is 33.9 Å². The number of hydrogen-bond donors (Lipinski definition) is 2. The van der Waals surface area contributed by atoms with Gasteiger partial charge in [0.2, 0.25) is 0 Å². The molecule has 1 aliphatic heterocycles. The monoisotopic (exact) mass is 321 g/mol. The summed E-state index contributed by atoms with van der Waals surface area (Å²) in [6, 6.07) is 9.97. The Bertz CT molecular complexity index is 871. The molecular formula is C18H15N3OS. The summed E-state index contributed by atoms with van der Waals surface area (Å²) in [5, 5.41) is 15.6. The molecule has 0 radical (unpaired) electrons. The number of fused-ring (bicyclic) bond motifs is 1. The topological polar surface area (TPSA) is 58.0 Å². The molecule has 0 saturated heterocycles. The van der Waals surface area contributed by atoms with Gasteiger partial charge in [0.25, 0.3) is 0 Å². The number of aliphatic hydroxyl groups is 1. The van der Waals surface area contributed by atoms with E-state index in [4.69, 9.17) is 4.98 Å². The van der Waals surface area contributed by atoms with Crippen molar-refractivity contribution in [2.75, 3.05) is 5.32 Å². The molecule has 0 bridgehead atoms. The van der Waals surface area contributed by atoms with Gasteiger partial charge >= 0.3 is 0 Å². The fourth-order valence-corrected chi connectivity index (χ4v) is 3.49. The Morgan fingerprint density at radius 3 is 2.87 bits per heavy atom. The molecule has 0 amide bonds. The minimum Gasteiger partial charge on any atom is -0.392 e. The van der Waals surface area contributed by atoms with Crippen LogP contribution in [0, 0.1) is 0 Å². The van der Waals surface area contributed by atoms with Crippen LogP contribution in [0.15, 0.2) is 54.3 Å². The van der Waals surface area contributed by atoms with Gasteiger partial charge < -0.3 is 10.4 Å². The number of pyridine rings is 1. The molecule has 114 valence electrons. The van der Waals surface area contributed by atoms with Gasteiger partial charge in [-0.15, -0.1) is 11.3 Å². The van der Waals surface area contributed by atoms with Crippen molar-refractivity contribution in [3.8, 4) is 10.6 Å². The molecule has 23 heavy (non-hydrogen) atoms. The number of rotatable bonds is 3. The fourth-order valence-electron chi connectivity index (χ4n) is 2.64. The lowest BCUT2D eigenvalue weighted by Gasteiger charge is -2.18. The molecule has 0 atom stereocenters. The summed E-state index contributed by atoms with van der Waals surface area (Å²) in [5.74, 6) is 0. The Morgan fingerprint density at radius 1 is 1.17 bits per heavy atom. The maximum absolute atomic E-state index is 9.22. The zero-order valence-electron chi connectivity index (χ0n) is 12.4. The van der Waals surface area contributed by atoms with E-state index >= 15 is 0 Å². The third-order valence-corrected chi connectivity index (χ3v) is 4.79. The Labute approximate surface area is 138 Å². The molecule has 3 heterocycles. The zero-order chi connectivity index (χ0) is 15.6. The number of aromatic nitrogens is 2. The second kappa shape index (κ2) is 5.95. The summed E-state index contributed by atoms with van der Waals surface area (Å²) in [6.07, 6.45) is 6.42. The van der Waals surface area contributed by atoms with Crippen molar-refractivity contribution in [3.63, 3.8) is 0 Å². The van der Waals surface area contributed by atoms with E-state index in [2.05, 4.69) is 21.7 Å². The van der Waals surface area contributed by atoms with E-state index in [9.17, 15) is 5.11 Å². The molecule has 0 aliphatic carbocycles. The Morgan fingerprint density at radius 2 is 2.04 bits per heavy atom. The highest BCUT2D eigenvalue weighted by Gasteiger charge is 2.15. The molecule has 0 unspecified atom stereocenters. The van der Waals surface area contributed by atoms with Crippen LogP contribution in [-0.4, -0.2) is 15.1 Å². The number of anilines is 1. The number of allylic oxidation sites excluding steroid dienone is 1. The van der Waals surface area contributed by atoms with Crippen LogP contribution < -0.4 is 5.32 Å². The van der Waals surface area contributed by atoms with Gasteiger partial charge in [0.1, 0.15) is 5.01 Å². The van der Waals surface area contributed by atoms with Gasteiger partial charge in [-0.3, -0.25) is 4.98 Å². The van der Waals surface area contributed by atoms with Crippen LogP contribution in [0.4, 0.5) is 5.69 Å². The van der Waals surface area contributed by atoms with Crippen molar-refractivity contribution in [3.05, 3.63) is 71.1 Å². The number of benzene rings is 1. The van der Waals surface area contributed by atoms with E-state index in [1.54, 1.807) is 23.7 Å². The highest BCUT2D eigenvalue weighted by Crippen LogP contribution is 2.32. The first-order chi connectivity index (χ1) is 11.3. The SMILES string of the molecule is OCc1ccc2c(c1)NC=C(c1csc(-c3ccncc3)n1)C2. The molecule has 0 spiro atoms. The first kappa shape index (κ1) is 14.1. The summed E-state index contributed by atoms with van der Waals surface area (Å²) in [4.78, 5) is 8.80. The Balaban J connectivity index is 1.61. The predicted molar refractivity (Wildman–Crippen MR) is 93.0 cm³/mol. The second-order valence-corrected chi connectivity index (χ2v) is 6.27. The van der Waals surface area contributed by atoms with Crippen LogP contribution in [-0.2, 0) is 13.0 Å². The average Bonchev–Trinajstić information content (AvgIpc) is 3.11. The third-order valence-electron chi connectivity index (χ3n) is 3.90. The van der Waals surface area contributed by atoms with Crippen LogP contribution in [0.2, 0.25) is 0 Å². The molecular weight excluding hydrogens is 306 g/mol. The van der Waals surface area contributed by atoms with Crippen LogP contribution in [0.3, 0.4) is 0 Å². The second-order valence-electron chi connectivity index (χ2n) is 5.41. The molecule has 5 heteroatoms. The first-order valence-corrected chi connectivity index (χ1v) is 8.26. The smallest absolute Gasteiger partial charge is 0.124 e. The lowest BCUT2D eigenvalue weighted by molar-refractivity contribution is 0.282. The molecule has 1 aromatic carbocycles. The van der Waals surface area contributed by atoms with Crippen molar-refractivity contribution in [1.82, 2.24) is 9.97 Å². The van der Waals surface area contributed by atoms with Crippen LogP contribution in [0.5, 0.6) is 0 Å². The van der Waals surface area contributed by atoms with Gasteiger partial charge in [0.05, 0.1) is 12.3 Å². The van der Waals surface area contributed by atoms with Crippen LogP contribution >= 0.6 is 11.3 Å². The molecule has 1 aliphatic rings. The van der Waals surface area contributed by atoms with Crippen LogP contribution in [0.1, 0.15) is 16.8 Å². The summed E-state index contributed by atoms with van der Waals surface area (Å²) in [7, 11) is 0. The summed E-state index contributed by atoms with van der Waals surface area (Å²) >= 11 is 1.64. The molecule has 4 nitrogen and oxygen atoms in total. The van der Waals surface area contributed by atoms with Crippen molar-refractivity contribution >= 4 is 22.6 Å². The van der Waals surface area contributed by atoms with E-state index < -0.39 is 0 Å². The Hall–Kier alpha value is -2.50. The minimum atomic E-state index is 0.0624. The maximum atomic E-state index is 9.22. The fraction of sp³-hybridized carbons (Fsp3) is 0.111. The normalized spacial score (nSPS) is 13.2.